The Morgan fingerprint density at radius 3 is 2.65 bits per heavy atom. The summed E-state index contributed by atoms with van der Waals surface area (Å²) in [4.78, 5) is 12.3. The van der Waals surface area contributed by atoms with Gasteiger partial charge >= 0.3 is 0 Å². The van der Waals surface area contributed by atoms with Gasteiger partial charge in [-0.15, -0.1) is 0 Å². The fourth-order valence-electron chi connectivity index (χ4n) is 2.79. The van der Waals surface area contributed by atoms with Crippen LogP contribution in [0.2, 0.25) is 0 Å². The second kappa shape index (κ2) is 5.83. The molecular weight excluding hydrogens is 254 g/mol. The number of hydrogen-bond donors (Lipinski definition) is 3. The molecule has 2 rings (SSSR count). The summed E-state index contributed by atoms with van der Waals surface area (Å²) in [6.45, 7) is 3.89. The molecule has 1 aliphatic carbocycles. The average Bonchev–Trinajstić information content (AvgIpc) is 2.44. The standard InChI is InChI=1S/C16H23NO3/c1-11-6-8-16(10-18,9-7-11)17-15(20)13-5-3-4-12(2)14(13)19/h3-5,11,18-19H,6-10H2,1-2H3,(H,17,20). The lowest BCUT2D eigenvalue weighted by atomic mass is 9.77. The Balaban J connectivity index is 2.15. The van der Waals surface area contributed by atoms with Crippen LogP contribution < -0.4 is 5.32 Å². The van der Waals surface area contributed by atoms with Gasteiger partial charge in [-0.1, -0.05) is 19.1 Å². The van der Waals surface area contributed by atoms with Crippen LogP contribution >= 0.6 is 0 Å². The zero-order valence-electron chi connectivity index (χ0n) is 12.1. The van der Waals surface area contributed by atoms with E-state index >= 15 is 0 Å². The van der Waals surface area contributed by atoms with E-state index in [9.17, 15) is 15.0 Å². The molecule has 1 saturated carbocycles. The average molecular weight is 277 g/mol. The molecule has 20 heavy (non-hydrogen) atoms. The van der Waals surface area contributed by atoms with Gasteiger partial charge in [0, 0.05) is 0 Å². The van der Waals surface area contributed by atoms with Crippen LogP contribution in [0.1, 0.15) is 48.5 Å². The molecule has 0 saturated heterocycles. The van der Waals surface area contributed by atoms with Crippen molar-refractivity contribution in [3.8, 4) is 5.75 Å². The number of hydrogen-bond acceptors (Lipinski definition) is 3. The van der Waals surface area contributed by atoms with Crippen LogP contribution in [0.4, 0.5) is 0 Å². The SMILES string of the molecule is Cc1cccc(C(=O)NC2(CO)CCC(C)CC2)c1O. The Hall–Kier alpha value is -1.55. The molecule has 3 N–H and O–H groups in total. The number of nitrogens with one attached hydrogen (secondary N) is 1. The van der Waals surface area contributed by atoms with Gasteiger partial charge in [-0.05, 0) is 50.2 Å². The monoisotopic (exact) mass is 277 g/mol. The number of carbonyl (C=O) groups excluding carboxylic acids is 1. The molecule has 0 bridgehead atoms. The Labute approximate surface area is 119 Å². The van der Waals surface area contributed by atoms with Gasteiger partial charge in [-0.2, -0.15) is 0 Å². The Bertz CT molecular complexity index is 490. The van der Waals surface area contributed by atoms with Gasteiger partial charge in [0.05, 0.1) is 17.7 Å². The molecule has 4 nitrogen and oxygen atoms in total. The Kier molecular flexibility index (Phi) is 4.33. The van der Waals surface area contributed by atoms with E-state index in [2.05, 4.69) is 12.2 Å². The lowest BCUT2D eigenvalue weighted by Crippen LogP contribution is -2.53. The Morgan fingerprint density at radius 2 is 2.05 bits per heavy atom. The van der Waals surface area contributed by atoms with E-state index in [-0.39, 0.29) is 23.8 Å². The molecule has 1 amide bonds. The number of aryl methyl sites for hydroxylation is 1. The zero-order valence-corrected chi connectivity index (χ0v) is 12.1. The van der Waals surface area contributed by atoms with Crippen molar-refractivity contribution >= 4 is 5.91 Å². The number of phenols is 1. The van der Waals surface area contributed by atoms with Gasteiger partial charge in [-0.3, -0.25) is 4.79 Å². The third-order valence-electron chi connectivity index (χ3n) is 4.40. The van der Waals surface area contributed by atoms with Crippen molar-refractivity contribution in [3.63, 3.8) is 0 Å². The number of aliphatic hydroxyl groups is 1. The van der Waals surface area contributed by atoms with Crippen molar-refractivity contribution < 1.29 is 15.0 Å². The molecule has 1 aliphatic rings. The first-order chi connectivity index (χ1) is 9.47. The topological polar surface area (TPSA) is 69.6 Å². The van der Waals surface area contributed by atoms with Crippen LogP contribution in [0.3, 0.4) is 0 Å². The van der Waals surface area contributed by atoms with E-state index in [0.717, 1.165) is 25.7 Å². The molecule has 0 heterocycles. The first kappa shape index (κ1) is 14.9. The summed E-state index contributed by atoms with van der Waals surface area (Å²) in [6.07, 6.45) is 3.56. The smallest absolute Gasteiger partial charge is 0.255 e. The second-order valence-corrected chi connectivity index (χ2v) is 6.05. The molecule has 110 valence electrons. The molecule has 0 atom stereocenters. The van der Waals surface area contributed by atoms with E-state index in [0.29, 0.717) is 11.5 Å². The van der Waals surface area contributed by atoms with Gasteiger partial charge in [0.25, 0.3) is 5.91 Å². The fourth-order valence-corrected chi connectivity index (χ4v) is 2.79. The maximum absolute atomic E-state index is 12.3. The van der Waals surface area contributed by atoms with Crippen molar-refractivity contribution in [2.24, 2.45) is 5.92 Å². The third-order valence-corrected chi connectivity index (χ3v) is 4.40. The predicted molar refractivity (Wildman–Crippen MR) is 77.8 cm³/mol. The zero-order chi connectivity index (χ0) is 14.8. The minimum Gasteiger partial charge on any atom is -0.507 e. The summed E-state index contributed by atoms with van der Waals surface area (Å²) in [5.41, 5.74) is 0.407. The van der Waals surface area contributed by atoms with Crippen molar-refractivity contribution in [2.45, 2.75) is 45.1 Å². The highest BCUT2D eigenvalue weighted by atomic mass is 16.3. The molecular formula is C16H23NO3. The maximum atomic E-state index is 12.3. The summed E-state index contributed by atoms with van der Waals surface area (Å²) < 4.78 is 0. The van der Waals surface area contributed by atoms with E-state index in [4.69, 9.17) is 0 Å². The molecule has 1 fully saturated rings. The van der Waals surface area contributed by atoms with Gasteiger partial charge in [0.1, 0.15) is 5.75 Å². The summed E-state index contributed by atoms with van der Waals surface area (Å²) >= 11 is 0. The highest BCUT2D eigenvalue weighted by molar-refractivity contribution is 5.97. The largest absolute Gasteiger partial charge is 0.507 e. The van der Waals surface area contributed by atoms with E-state index in [1.165, 1.54) is 0 Å². The quantitative estimate of drug-likeness (QED) is 0.794. The highest BCUT2D eigenvalue weighted by Gasteiger charge is 2.35. The normalized spacial score (nSPS) is 26.2. The number of benzene rings is 1. The fraction of sp³-hybridized carbons (Fsp3) is 0.562. The summed E-state index contributed by atoms with van der Waals surface area (Å²) in [7, 11) is 0. The maximum Gasteiger partial charge on any atom is 0.255 e. The minimum atomic E-state index is -0.542. The van der Waals surface area contributed by atoms with Gasteiger partial charge in [0.2, 0.25) is 0 Å². The van der Waals surface area contributed by atoms with Crippen molar-refractivity contribution in [1.29, 1.82) is 0 Å². The summed E-state index contributed by atoms with van der Waals surface area (Å²) in [6, 6.07) is 5.11. The lowest BCUT2D eigenvalue weighted by Gasteiger charge is -2.38. The van der Waals surface area contributed by atoms with Crippen molar-refractivity contribution in [2.75, 3.05) is 6.61 Å². The molecule has 0 radical (unpaired) electrons. The first-order valence-corrected chi connectivity index (χ1v) is 7.19. The minimum absolute atomic E-state index is 0.0160. The number of phenolic OH excluding ortho intramolecular Hbond substituents is 1. The molecule has 1 aromatic rings. The highest BCUT2D eigenvalue weighted by Crippen LogP contribution is 2.32. The number of para-hydroxylation sites is 1. The number of carbonyl (C=O) groups is 1. The molecule has 0 aliphatic heterocycles. The van der Waals surface area contributed by atoms with E-state index < -0.39 is 5.54 Å². The summed E-state index contributed by atoms with van der Waals surface area (Å²) in [5.74, 6) is 0.344. The second-order valence-electron chi connectivity index (χ2n) is 6.05. The summed E-state index contributed by atoms with van der Waals surface area (Å²) in [5, 5.41) is 22.6. The number of amides is 1. The van der Waals surface area contributed by atoms with Crippen molar-refractivity contribution in [3.05, 3.63) is 29.3 Å². The van der Waals surface area contributed by atoms with Crippen LogP contribution in [-0.2, 0) is 0 Å². The first-order valence-electron chi connectivity index (χ1n) is 7.19. The number of rotatable bonds is 3. The van der Waals surface area contributed by atoms with Gasteiger partial charge < -0.3 is 15.5 Å². The molecule has 0 spiro atoms. The predicted octanol–water partition coefficient (Wildman–Crippen LogP) is 2.37. The van der Waals surface area contributed by atoms with Gasteiger partial charge in [-0.25, -0.2) is 0 Å². The van der Waals surface area contributed by atoms with E-state index in [1.807, 2.05) is 0 Å². The molecule has 0 unspecified atom stereocenters. The molecule has 4 heteroatoms. The molecule has 1 aromatic carbocycles. The van der Waals surface area contributed by atoms with Crippen LogP contribution in [0.5, 0.6) is 5.75 Å². The van der Waals surface area contributed by atoms with Crippen LogP contribution in [-0.4, -0.2) is 28.3 Å². The molecule has 0 aromatic heterocycles. The number of aromatic hydroxyl groups is 1. The Morgan fingerprint density at radius 1 is 1.40 bits per heavy atom. The van der Waals surface area contributed by atoms with Crippen LogP contribution in [0.25, 0.3) is 0 Å². The lowest BCUT2D eigenvalue weighted by molar-refractivity contribution is 0.0714. The van der Waals surface area contributed by atoms with Crippen LogP contribution in [0, 0.1) is 12.8 Å². The van der Waals surface area contributed by atoms with Crippen LogP contribution in [0.15, 0.2) is 18.2 Å². The van der Waals surface area contributed by atoms with E-state index in [1.54, 1.807) is 25.1 Å². The van der Waals surface area contributed by atoms with Gasteiger partial charge in [0.15, 0.2) is 0 Å². The third kappa shape index (κ3) is 2.96. The van der Waals surface area contributed by atoms with Crippen molar-refractivity contribution in [1.82, 2.24) is 5.32 Å². The number of aliphatic hydroxyl groups excluding tert-OH is 1.